The van der Waals surface area contributed by atoms with Crippen molar-refractivity contribution in [3.05, 3.63) is 11.7 Å². The topological polar surface area (TPSA) is 84.6 Å². The first-order chi connectivity index (χ1) is 12.4. The molecule has 0 amide bonds. The highest BCUT2D eigenvalue weighted by Gasteiger charge is 2.28. The Hall–Kier alpha value is -1.63. The molecule has 7 nitrogen and oxygen atoms in total. The van der Waals surface area contributed by atoms with Gasteiger partial charge in [0, 0.05) is 25.1 Å². The van der Waals surface area contributed by atoms with E-state index in [-0.39, 0.29) is 6.10 Å². The zero-order chi connectivity index (χ0) is 16.9. The highest BCUT2D eigenvalue weighted by atomic mass is 16.5. The van der Waals surface area contributed by atoms with E-state index in [1.807, 2.05) is 0 Å². The summed E-state index contributed by atoms with van der Waals surface area (Å²) in [5.41, 5.74) is 0. The van der Waals surface area contributed by atoms with Gasteiger partial charge in [-0.05, 0) is 44.9 Å². The number of aliphatic imine (C=N–C) groups is 1. The lowest BCUT2D eigenvalue weighted by molar-refractivity contribution is 0.0194. The molecule has 0 aromatic carbocycles. The van der Waals surface area contributed by atoms with Gasteiger partial charge in [-0.3, -0.25) is 0 Å². The molecule has 0 bridgehead atoms. The van der Waals surface area contributed by atoms with Gasteiger partial charge in [0.1, 0.15) is 6.54 Å². The predicted octanol–water partition coefficient (Wildman–Crippen LogP) is 2.49. The minimum Gasteiger partial charge on any atom is -0.376 e. The van der Waals surface area contributed by atoms with Crippen LogP contribution in [-0.2, 0) is 11.3 Å². The summed E-state index contributed by atoms with van der Waals surface area (Å²) >= 11 is 0. The van der Waals surface area contributed by atoms with Gasteiger partial charge in [-0.25, -0.2) is 4.99 Å². The molecule has 1 atom stereocenters. The van der Waals surface area contributed by atoms with E-state index < -0.39 is 0 Å². The Morgan fingerprint density at radius 2 is 1.92 bits per heavy atom. The van der Waals surface area contributed by atoms with Crippen LogP contribution in [0, 0.1) is 0 Å². The van der Waals surface area contributed by atoms with E-state index in [1.165, 1.54) is 51.4 Å². The Kier molecular flexibility index (Phi) is 5.49. The quantitative estimate of drug-likeness (QED) is 0.607. The summed E-state index contributed by atoms with van der Waals surface area (Å²) < 4.78 is 11.1. The first-order valence-electron chi connectivity index (χ1n) is 9.86. The lowest BCUT2D eigenvalue weighted by Gasteiger charge is -2.24. The van der Waals surface area contributed by atoms with Gasteiger partial charge < -0.3 is 19.9 Å². The predicted molar refractivity (Wildman–Crippen MR) is 94.4 cm³/mol. The van der Waals surface area contributed by atoms with Gasteiger partial charge >= 0.3 is 0 Å². The minimum absolute atomic E-state index is 0.286. The summed E-state index contributed by atoms with van der Waals surface area (Å²) in [4.78, 5) is 9.14. The largest absolute Gasteiger partial charge is 0.376 e. The summed E-state index contributed by atoms with van der Waals surface area (Å²) in [6.45, 7) is 2.10. The molecule has 1 unspecified atom stereocenters. The van der Waals surface area contributed by atoms with Crippen LogP contribution in [0.4, 0.5) is 0 Å². The van der Waals surface area contributed by atoms with Crippen LogP contribution >= 0.6 is 0 Å². The van der Waals surface area contributed by atoms with Crippen molar-refractivity contribution in [1.82, 2.24) is 20.8 Å². The zero-order valence-corrected chi connectivity index (χ0v) is 14.9. The molecule has 2 aliphatic carbocycles. The molecule has 3 fully saturated rings. The maximum Gasteiger partial charge on any atom is 0.248 e. The van der Waals surface area contributed by atoms with Crippen LogP contribution in [0.15, 0.2) is 9.52 Å². The smallest absolute Gasteiger partial charge is 0.248 e. The van der Waals surface area contributed by atoms with Gasteiger partial charge in [0.25, 0.3) is 0 Å². The van der Waals surface area contributed by atoms with Crippen LogP contribution < -0.4 is 10.6 Å². The van der Waals surface area contributed by atoms with Gasteiger partial charge in [0.05, 0.1) is 6.10 Å². The number of hydrogen-bond acceptors (Lipinski definition) is 5. The lowest BCUT2D eigenvalue weighted by atomic mass is 10.1. The van der Waals surface area contributed by atoms with Crippen LogP contribution in [-0.4, -0.2) is 41.4 Å². The summed E-state index contributed by atoms with van der Waals surface area (Å²) in [5.74, 6) is 2.80. The van der Waals surface area contributed by atoms with Crippen molar-refractivity contribution >= 4 is 5.96 Å². The molecule has 7 heteroatoms. The summed E-state index contributed by atoms with van der Waals surface area (Å²) in [5, 5.41) is 11.1. The van der Waals surface area contributed by atoms with Gasteiger partial charge in [-0.2, -0.15) is 4.98 Å². The van der Waals surface area contributed by atoms with Crippen LogP contribution in [0.3, 0.4) is 0 Å². The fourth-order valence-corrected chi connectivity index (χ4v) is 3.58. The van der Waals surface area contributed by atoms with Crippen molar-refractivity contribution < 1.29 is 9.26 Å². The first-order valence-corrected chi connectivity index (χ1v) is 9.86. The molecule has 4 rings (SSSR count). The second kappa shape index (κ2) is 8.17. The fraction of sp³-hybridized carbons (Fsp3) is 0.833. The highest BCUT2D eigenvalue weighted by Crippen LogP contribution is 2.38. The van der Waals surface area contributed by atoms with Crippen molar-refractivity contribution in [2.45, 2.75) is 82.4 Å². The third kappa shape index (κ3) is 4.93. The van der Waals surface area contributed by atoms with Gasteiger partial charge in [0.2, 0.25) is 5.89 Å². The van der Waals surface area contributed by atoms with Gasteiger partial charge in [0.15, 0.2) is 11.8 Å². The second-order valence-electron chi connectivity index (χ2n) is 7.48. The molecule has 1 aliphatic heterocycles. The summed E-state index contributed by atoms with van der Waals surface area (Å²) in [6, 6.07) is 0.517. The standard InChI is InChI=1S/C18H29N5O2/c1-2-6-14(5-1)21-18(19-11-15-7-3-4-10-24-15)20-12-16-22-17(23-25-16)13-8-9-13/h13-15H,1-12H2,(H2,19,20,21). The minimum atomic E-state index is 0.286. The van der Waals surface area contributed by atoms with E-state index in [4.69, 9.17) is 9.26 Å². The van der Waals surface area contributed by atoms with Crippen molar-refractivity contribution in [1.29, 1.82) is 0 Å². The molecule has 2 saturated carbocycles. The number of rotatable bonds is 6. The third-order valence-electron chi connectivity index (χ3n) is 5.27. The number of nitrogens with zero attached hydrogens (tertiary/aromatic N) is 3. The number of nitrogens with one attached hydrogen (secondary N) is 2. The lowest BCUT2D eigenvalue weighted by Crippen LogP contribution is -2.45. The fourth-order valence-electron chi connectivity index (χ4n) is 3.58. The number of ether oxygens (including phenoxy) is 1. The number of guanidine groups is 1. The van der Waals surface area contributed by atoms with Crippen molar-refractivity contribution in [3.63, 3.8) is 0 Å². The average Bonchev–Trinajstić information content (AvgIpc) is 3.17. The normalized spacial score (nSPS) is 25.3. The van der Waals surface area contributed by atoms with E-state index in [1.54, 1.807) is 0 Å². The maximum absolute atomic E-state index is 5.81. The molecule has 25 heavy (non-hydrogen) atoms. The van der Waals surface area contributed by atoms with Crippen LogP contribution in [0.2, 0.25) is 0 Å². The molecule has 2 N–H and O–H groups in total. The summed E-state index contributed by atoms with van der Waals surface area (Å²) in [7, 11) is 0. The van der Waals surface area contributed by atoms with E-state index in [0.717, 1.165) is 31.4 Å². The molecular weight excluding hydrogens is 318 g/mol. The van der Waals surface area contributed by atoms with Crippen molar-refractivity contribution in [2.24, 2.45) is 4.99 Å². The molecule has 0 radical (unpaired) electrons. The molecule has 3 aliphatic rings. The van der Waals surface area contributed by atoms with E-state index in [0.29, 0.717) is 24.4 Å². The Morgan fingerprint density at radius 3 is 2.68 bits per heavy atom. The number of aromatic nitrogens is 2. The Morgan fingerprint density at radius 1 is 1.08 bits per heavy atom. The SMILES string of the molecule is C1CCC(CNC(=NCc2nc(C3CC3)no2)NC2CCCC2)OC1. The summed E-state index contributed by atoms with van der Waals surface area (Å²) in [6.07, 6.45) is 11.2. The monoisotopic (exact) mass is 347 g/mol. The second-order valence-corrected chi connectivity index (χ2v) is 7.48. The number of hydrogen-bond donors (Lipinski definition) is 2. The van der Waals surface area contributed by atoms with Gasteiger partial charge in [-0.1, -0.05) is 18.0 Å². The third-order valence-corrected chi connectivity index (χ3v) is 5.27. The Balaban J connectivity index is 1.33. The molecule has 2 heterocycles. The van der Waals surface area contributed by atoms with E-state index in [9.17, 15) is 0 Å². The zero-order valence-electron chi connectivity index (χ0n) is 14.9. The average molecular weight is 347 g/mol. The molecule has 1 saturated heterocycles. The van der Waals surface area contributed by atoms with Gasteiger partial charge in [-0.15, -0.1) is 0 Å². The first kappa shape index (κ1) is 16.8. The maximum atomic E-state index is 5.81. The van der Waals surface area contributed by atoms with Crippen molar-refractivity contribution in [3.8, 4) is 0 Å². The van der Waals surface area contributed by atoms with E-state index in [2.05, 4.69) is 25.8 Å². The van der Waals surface area contributed by atoms with Crippen molar-refractivity contribution in [2.75, 3.05) is 13.2 Å². The Bertz CT molecular complexity index is 572. The molecular formula is C18H29N5O2. The Labute approximate surface area is 149 Å². The van der Waals surface area contributed by atoms with Crippen LogP contribution in [0.25, 0.3) is 0 Å². The molecule has 138 valence electrons. The van der Waals surface area contributed by atoms with Crippen LogP contribution in [0.1, 0.15) is 75.4 Å². The molecule has 0 spiro atoms. The molecule has 1 aromatic rings. The van der Waals surface area contributed by atoms with Crippen LogP contribution in [0.5, 0.6) is 0 Å². The molecule has 1 aromatic heterocycles. The highest BCUT2D eigenvalue weighted by molar-refractivity contribution is 5.80. The van der Waals surface area contributed by atoms with E-state index >= 15 is 0 Å².